The van der Waals surface area contributed by atoms with Crippen LogP contribution in [0, 0.1) is 18.7 Å². The van der Waals surface area contributed by atoms with Crippen molar-refractivity contribution in [3.63, 3.8) is 0 Å². The molecule has 0 spiro atoms. The maximum absolute atomic E-state index is 14.8. The Kier molecular flexibility index (Phi) is 8.15. The Labute approximate surface area is 235 Å². The third-order valence-electron chi connectivity index (χ3n) is 7.99. The van der Waals surface area contributed by atoms with Gasteiger partial charge in [0, 0.05) is 55.6 Å². The molecule has 0 unspecified atom stereocenters. The van der Waals surface area contributed by atoms with Crippen molar-refractivity contribution in [2.75, 3.05) is 23.3 Å². The molecular formula is C34H36FN3O2. The molecule has 2 heterocycles. The van der Waals surface area contributed by atoms with E-state index >= 15 is 0 Å². The minimum absolute atomic E-state index is 0.0477. The largest absolute Gasteiger partial charge is 0.372 e. The molecule has 0 saturated carbocycles. The predicted octanol–water partition coefficient (Wildman–Crippen LogP) is 7.30. The van der Waals surface area contributed by atoms with Gasteiger partial charge in [-0.15, -0.1) is 0 Å². The number of ketones is 2. The van der Waals surface area contributed by atoms with Crippen molar-refractivity contribution < 1.29 is 14.0 Å². The van der Waals surface area contributed by atoms with Gasteiger partial charge in [0.15, 0.2) is 11.6 Å². The van der Waals surface area contributed by atoms with E-state index in [1.807, 2.05) is 61.0 Å². The molecule has 1 aromatic heterocycles. The highest BCUT2D eigenvalue weighted by atomic mass is 19.1. The number of benzene rings is 3. The van der Waals surface area contributed by atoms with E-state index in [4.69, 9.17) is 0 Å². The fourth-order valence-electron chi connectivity index (χ4n) is 5.21. The average Bonchev–Trinajstić information content (AvgIpc) is 3.29. The summed E-state index contributed by atoms with van der Waals surface area (Å²) in [5.74, 6) is 0.384. The van der Waals surface area contributed by atoms with E-state index < -0.39 is 5.82 Å². The molecular weight excluding hydrogens is 501 g/mol. The summed E-state index contributed by atoms with van der Waals surface area (Å²) in [6, 6.07) is 23.9. The van der Waals surface area contributed by atoms with Crippen LogP contribution in [0.3, 0.4) is 0 Å². The van der Waals surface area contributed by atoms with Crippen LogP contribution < -0.4 is 10.2 Å². The summed E-state index contributed by atoms with van der Waals surface area (Å²) >= 11 is 0. The van der Waals surface area contributed by atoms with Gasteiger partial charge in [0.2, 0.25) is 0 Å². The molecule has 5 nitrogen and oxygen atoms in total. The maximum atomic E-state index is 14.8. The molecule has 3 aromatic carbocycles. The number of halogens is 1. The van der Waals surface area contributed by atoms with E-state index in [2.05, 4.69) is 29.3 Å². The molecule has 0 atom stereocenters. The number of Topliss-reactive ketones (excluding diaryl/α,β-unsaturated/α-hetero) is 2. The lowest BCUT2D eigenvalue weighted by Gasteiger charge is -2.32. The molecule has 1 N–H and O–H groups in total. The number of carbonyl (C=O) groups excluding carboxylic acids is 2. The third kappa shape index (κ3) is 6.33. The van der Waals surface area contributed by atoms with Crippen LogP contribution in [0.4, 0.5) is 21.5 Å². The number of anilines is 3. The second-order valence-corrected chi connectivity index (χ2v) is 11.0. The van der Waals surface area contributed by atoms with Crippen LogP contribution in [0.2, 0.25) is 0 Å². The fourth-order valence-corrected chi connectivity index (χ4v) is 5.21. The molecule has 40 heavy (non-hydrogen) atoms. The van der Waals surface area contributed by atoms with Crippen molar-refractivity contribution in [3.05, 3.63) is 113 Å². The number of aryl methyl sites for hydroxylation is 1. The lowest BCUT2D eigenvalue weighted by atomic mass is 9.98. The molecule has 0 radical (unpaired) electrons. The molecule has 0 aliphatic carbocycles. The number of rotatable bonds is 9. The Morgan fingerprint density at radius 1 is 0.850 bits per heavy atom. The first kappa shape index (κ1) is 27.4. The highest BCUT2D eigenvalue weighted by Crippen LogP contribution is 2.25. The number of carbonyl (C=O) groups is 2. The maximum Gasteiger partial charge on any atom is 0.183 e. The fraction of sp³-hybridized carbons (Fsp3) is 0.294. The summed E-state index contributed by atoms with van der Waals surface area (Å²) in [6.07, 6.45) is 2.86. The highest BCUT2D eigenvalue weighted by Gasteiger charge is 2.17. The van der Waals surface area contributed by atoms with Crippen LogP contribution in [0.25, 0.3) is 0 Å². The molecule has 4 aromatic rings. The number of aromatic nitrogens is 1. The normalized spacial score (nSPS) is 13.8. The van der Waals surface area contributed by atoms with Crippen molar-refractivity contribution in [1.82, 2.24) is 4.57 Å². The van der Waals surface area contributed by atoms with E-state index in [0.29, 0.717) is 28.9 Å². The monoisotopic (exact) mass is 537 g/mol. The van der Waals surface area contributed by atoms with Crippen LogP contribution in [-0.4, -0.2) is 29.2 Å². The standard InChI is InChI=1S/C34H36FN3O2/c1-23-16-18-38(19-17-23)29-12-8-27(9-13-29)33(39)21-25-5-10-28(11-6-25)36-31-14-7-26(20-30(31)35)22-34(40)32-15-4-24(2)37(32)3/h4-15,20,23,36H,16-19,21-22H2,1-3H3. The van der Waals surface area contributed by atoms with Gasteiger partial charge in [0.25, 0.3) is 0 Å². The van der Waals surface area contributed by atoms with Crippen LogP contribution in [-0.2, 0) is 19.9 Å². The average molecular weight is 538 g/mol. The van der Waals surface area contributed by atoms with E-state index in [1.54, 1.807) is 18.2 Å². The predicted molar refractivity (Wildman–Crippen MR) is 159 cm³/mol. The van der Waals surface area contributed by atoms with E-state index in [9.17, 15) is 14.0 Å². The molecule has 1 saturated heterocycles. The van der Waals surface area contributed by atoms with Gasteiger partial charge in [-0.2, -0.15) is 0 Å². The molecule has 6 heteroatoms. The number of nitrogens with one attached hydrogen (secondary N) is 1. The lowest BCUT2D eigenvalue weighted by Crippen LogP contribution is -2.32. The lowest BCUT2D eigenvalue weighted by molar-refractivity contribution is 0.0980. The quantitative estimate of drug-likeness (QED) is 0.228. The van der Waals surface area contributed by atoms with Gasteiger partial charge >= 0.3 is 0 Å². The number of hydrogen-bond acceptors (Lipinski definition) is 4. The number of piperidine rings is 1. The molecule has 5 rings (SSSR count). The van der Waals surface area contributed by atoms with E-state index in [-0.39, 0.29) is 18.0 Å². The second kappa shape index (κ2) is 11.9. The topological polar surface area (TPSA) is 54.3 Å². The van der Waals surface area contributed by atoms with Gasteiger partial charge < -0.3 is 14.8 Å². The number of nitrogens with zero attached hydrogens (tertiary/aromatic N) is 2. The molecule has 0 bridgehead atoms. The minimum Gasteiger partial charge on any atom is -0.372 e. The van der Waals surface area contributed by atoms with Crippen LogP contribution >= 0.6 is 0 Å². The first-order valence-corrected chi connectivity index (χ1v) is 13.9. The van der Waals surface area contributed by atoms with Gasteiger partial charge in [-0.05, 0) is 97.5 Å². The van der Waals surface area contributed by atoms with Gasteiger partial charge in [0.1, 0.15) is 5.82 Å². The first-order chi connectivity index (χ1) is 19.3. The zero-order chi connectivity index (χ0) is 28.2. The summed E-state index contributed by atoms with van der Waals surface area (Å²) in [7, 11) is 1.85. The summed E-state index contributed by atoms with van der Waals surface area (Å²) in [5.41, 5.74) is 6.07. The van der Waals surface area contributed by atoms with Crippen molar-refractivity contribution >= 4 is 28.6 Å². The Hall–Kier alpha value is -4.19. The summed E-state index contributed by atoms with van der Waals surface area (Å²) in [4.78, 5) is 27.9. The Morgan fingerprint density at radius 2 is 1.50 bits per heavy atom. The van der Waals surface area contributed by atoms with Crippen LogP contribution in [0.1, 0.15) is 57.4 Å². The summed E-state index contributed by atoms with van der Waals surface area (Å²) < 4.78 is 16.7. The zero-order valence-corrected chi connectivity index (χ0v) is 23.4. The molecule has 0 amide bonds. The highest BCUT2D eigenvalue weighted by molar-refractivity contribution is 5.98. The molecule has 1 aliphatic heterocycles. The van der Waals surface area contributed by atoms with Crippen LogP contribution in [0.15, 0.2) is 78.9 Å². The minimum atomic E-state index is -0.421. The van der Waals surface area contributed by atoms with E-state index in [0.717, 1.165) is 36.0 Å². The zero-order valence-electron chi connectivity index (χ0n) is 23.4. The molecule has 1 fully saturated rings. The second-order valence-electron chi connectivity index (χ2n) is 11.0. The van der Waals surface area contributed by atoms with Crippen molar-refractivity contribution in [1.29, 1.82) is 0 Å². The first-order valence-electron chi connectivity index (χ1n) is 13.9. The molecule has 1 aliphatic rings. The van der Waals surface area contributed by atoms with Gasteiger partial charge in [-0.3, -0.25) is 9.59 Å². The Bertz CT molecular complexity index is 1500. The Morgan fingerprint density at radius 3 is 2.12 bits per heavy atom. The molecule has 206 valence electrons. The third-order valence-corrected chi connectivity index (χ3v) is 7.99. The van der Waals surface area contributed by atoms with Crippen molar-refractivity contribution in [3.8, 4) is 0 Å². The van der Waals surface area contributed by atoms with Gasteiger partial charge in [0.05, 0.1) is 11.4 Å². The smallest absolute Gasteiger partial charge is 0.183 e. The Balaban J connectivity index is 1.16. The van der Waals surface area contributed by atoms with E-state index in [1.165, 1.54) is 24.6 Å². The van der Waals surface area contributed by atoms with Crippen molar-refractivity contribution in [2.24, 2.45) is 13.0 Å². The number of hydrogen-bond donors (Lipinski definition) is 1. The van der Waals surface area contributed by atoms with Crippen molar-refractivity contribution in [2.45, 2.75) is 39.5 Å². The van der Waals surface area contributed by atoms with Crippen LogP contribution in [0.5, 0.6) is 0 Å². The SMILES string of the molecule is Cc1ccc(C(=O)Cc2ccc(Nc3ccc(CC(=O)c4ccc(N5CCC(C)CC5)cc4)cc3)c(F)c2)n1C. The summed E-state index contributed by atoms with van der Waals surface area (Å²) in [6.45, 7) is 6.37. The summed E-state index contributed by atoms with van der Waals surface area (Å²) in [5, 5.41) is 3.10. The van der Waals surface area contributed by atoms with Gasteiger partial charge in [-0.25, -0.2) is 4.39 Å². The van der Waals surface area contributed by atoms with Gasteiger partial charge in [-0.1, -0.05) is 25.1 Å².